The van der Waals surface area contributed by atoms with Crippen molar-refractivity contribution in [2.75, 3.05) is 24.5 Å². The van der Waals surface area contributed by atoms with E-state index >= 15 is 0 Å². The van der Waals surface area contributed by atoms with E-state index in [0.29, 0.717) is 6.04 Å². The standard InChI is InChI=1S/C13H19BrN2/c1-3-11-9-16(7-6-15-11)12-4-5-13(14)10(2)8-12/h4-5,8,11,15H,3,6-7,9H2,1-2H3. The monoisotopic (exact) mass is 282 g/mol. The van der Waals surface area contributed by atoms with Crippen LogP contribution in [-0.2, 0) is 0 Å². The zero-order valence-corrected chi connectivity index (χ0v) is 11.5. The first-order valence-electron chi connectivity index (χ1n) is 5.95. The summed E-state index contributed by atoms with van der Waals surface area (Å²) in [6, 6.07) is 7.25. The Bertz CT molecular complexity index is 365. The Morgan fingerprint density at radius 3 is 3.00 bits per heavy atom. The minimum atomic E-state index is 0.637. The lowest BCUT2D eigenvalue weighted by atomic mass is 10.1. The van der Waals surface area contributed by atoms with Crippen LogP contribution < -0.4 is 10.2 Å². The van der Waals surface area contributed by atoms with Gasteiger partial charge in [0.15, 0.2) is 0 Å². The predicted octanol–water partition coefficient (Wildman–Crippen LogP) is 2.95. The average molecular weight is 283 g/mol. The fraction of sp³-hybridized carbons (Fsp3) is 0.538. The third-order valence-electron chi connectivity index (χ3n) is 3.25. The van der Waals surface area contributed by atoms with Gasteiger partial charge in [0, 0.05) is 35.8 Å². The molecule has 88 valence electrons. The van der Waals surface area contributed by atoms with Crippen molar-refractivity contribution in [3.63, 3.8) is 0 Å². The summed E-state index contributed by atoms with van der Waals surface area (Å²) in [4.78, 5) is 2.48. The van der Waals surface area contributed by atoms with Crippen molar-refractivity contribution in [3.8, 4) is 0 Å². The molecule has 1 heterocycles. The summed E-state index contributed by atoms with van der Waals surface area (Å²) < 4.78 is 1.19. The van der Waals surface area contributed by atoms with Gasteiger partial charge < -0.3 is 10.2 Å². The molecule has 0 spiro atoms. The van der Waals surface area contributed by atoms with Gasteiger partial charge in [-0.25, -0.2) is 0 Å². The zero-order valence-electron chi connectivity index (χ0n) is 9.96. The Hall–Kier alpha value is -0.540. The summed E-state index contributed by atoms with van der Waals surface area (Å²) in [6.07, 6.45) is 1.20. The fourth-order valence-corrected chi connectivity index (χ4v) is 2.41. The van der Waals surface area contributed by atoms with Gasteiger partial charge in [-0.05, 0) is 37.1 Å². The molecule has 0 amide bonds. The zero-order chi connectivity index (χ0) is 11.5. The Kier molecular flexibility index (Phi) is 3.87. The highest BCUT2D eigenvalue weighted by Crippen LogP contribution is 2.23. The third kappa shape index (κ3) is 2.58. The van der Waals surface area contributed by atoms with E-state index in [1.165, 1.54) is 22.1 Å². The number of halogens is 1. The lowest BCUT2D eigenvalue weighted by Crippen LogP contribution is -2.50. The van der Waals surface area contributed by atoms with Crippen molar-refractivity contribution >= 4 is 21.6 Å². The molecule has 0 aromatic heterocycles. The quantitative estimate of drug-likeness (QED) is 0.897. The predicted molar refractivity (Wildman–Crippen MR) is 73.2 cm³/mol. The van der Waals surface area contributed by atoms with E-state index in [9.17, 15) is 0 Å². The van der Waals surface area contributed by atoms with Crippen molar-refractivity contribution in [2.45, 2.75) is 26.3 Å². The molecule has 0 aliphatic carbocycles. The summed E-state index contributed by atoms with van der Waals surface area (Å²) >= 11 is 3.55. The normalized spacial score (nSPS) is 21.2. The largest absolute Gasteiger partial charge is 0.369 e. The summed E-state index contributed by atoms with van der Waals surface area (Å²) in [6.45, 7) is 7.71. The van der Waals surface area contributed by atoms with Crippen molar-refractivity contribution in [1.82, 2.24) is 5.32 Å². The Morgan fingerprint density at radius 2 is 2.31 bits per heavy atom. The highest BCUT2D eigenvalue weighted by molar-refractivity contribution is 9.10. The molecular weight excluding hydrogens is 264 g/mol. The van der Waals surface area contributed by atoms with Crippen LogP contribution in [0.4, 0.5) is 5.69 Å². The molecule has 1 N–H and O–H groups in total. The van der Waals surface area contributed by atoms with Crippen LogP contribution in [0.5, 0.6) is 0 Å². The van der Waals surface area contributed by atoms with E-state index in [1.807, 2.05) is 0 Å². The fourth-order valence-electron chi connectivity index (χ4n) is 2.16. The van der Waals surface area contributed by atoms with Crippen LogP contribution in [0.3, 0.4) is 0 Å². The summed E-state index contributed by atoms with van der Waals surface area (Å²) in [5.41, 5.74) is 2.66. The molecule has 2 rings (SSSR count). The van der Waals surface area contributed by atoms with Crippen LogP contribution >= 0.6 is 15.9 Å². The van der Waals surface area contributed by atoms with Gasteiger partial charge in [-0.2, -0.15) is 0 Å². The van der Waals surface area contributed by atoms with E-state index in [0.717, 1.165) is 19.6 Å². The van der Waals surface area contributed by atoms with Gasteiger partial charge in [0.2, 0.25) is 0 Å². The molecule has 0 radical (unpaired) electrons. The smallest absolute Gasteiger partial charge is 0.0370 e. The van der Waals surface area contributed by atoms with E-state index in [4.69, 9.17) is 0 Å². The molecule has 0 saturated carbocycles. The first-order chi connectivity index (χ1) is 7.70. The van der Waals surface area contributed by atoms with Gasteiger partial charge in [-0.15, -0.1) is 0 Å². The van der Waals surface area contributed by atoms with E-state index < -0.39 is 0 Å². The first-order valence-corrected chi connectivity index (χ1v) is 6.74. The number of piperazine rings is 1. The van der Waals surface area contributed by atoms with Gasteiger partial charge in [0.25, 0.3) is 0 Å². The lowest BCUT2D eigenvalue weighted by molar-refractivity contribution is 0.447. The van der Waals surface area contributed by atoms with Crippen molar-refractivity contribution < 1.29 is 0 Å². The number of aryl methyl sites for hydroxylation is 1. The number of benzene rings is 1. The van der Waals surface area contributed by atoms with Gasteiger partial charge >= 0.3 is 0 Å². The molecule has 1 aliphatic rings. The molecule has 1 fully saturated rings. The van der Waals surface area contributed by atoms with E-state index in [2.05, 4.69) is 58.2 Å². The maximum atomic E-state index is 3.55. The number of nitrogens with one attached hydrogen (secondary N) is 1. The molecule has 1 aromatic rings. The maximum absolute atomic E-state index is 3.55. The molecule has 1 aromatic carbocycles. The minimum absolute atomic E-state index is 0.637. The molecule has 2 nitrogen and oxygen atoms in total. The van der Waals surface area contributed by atoms with Crippen molar-refractivity contribution in [1.29, 1.82) is 0 Å². The maximum Gasteiger partial charge on any atom is 0.0370 e. The second kappa shape index (κ2) is 5.19. The summed E-state index contributed by atoms with van der Waals surface area (Å²) in [5.74, 6) is 0. The highest BCUT2D eigenvalue weighted by atomic mass is 79.9. The third-order valence-corrected chi connectivity index (χ3v) is 4.14. The molecule has 3 heteroatoms. The molecule has 1 saturated heterocycles. The van der Waals surface area contributed by atoms with Gasteiger partial charge in [-0.3, -0.25) is 0 Å². The number of rotatable bonds is 2. The van der Waals surface area contributed by atoms with Crippen LogP contribution in [-0.4, -0.2) is 25.7 Å². The Labute approximate surface area is 106 Å². The topological polar surface area (TPSA) is 15.3 Å². The van der Waals surface area contributed by atoms with Crippen molar-refractivity contribution in [2.24, 2.45) is 0 Å². The Morgan fingerprint density at radius 1 is 1.50 bits per heavy atom. The second-order valence-corrected chi connectivity index (χ2v) is 5.29. The van der Waals surface area contributed by atoms with Crippen LogP contribution in [0.1, 0.15) is 18.9 Å². The van der Waals surface area contributed by atoms with Gasteiger partial charge in [0.1, 0.15) is 0 Å². The minimum Gasteiger partial charge on any atom is -0.369 e. The molecule has 16 heavy (non-hydrogen) atoms. The van der Waals surface area contributed by atoms with Crippen molar-refractivity contribution in [3.05, 3.63) is 28.2 Å². The summed E-state index contributed by atoms with van der Waals surface area (Å²) in [5, 5.41) is 3.54. The lowest BCUT2D eigenvalue weighted by Gasteiger charge is -2.35. The average Bonchev–Trinajstić information content (AvgIpc) is 2.33. The second-order valence-electron chi connectivity index (χ2n) is 4.44. The number of hydrogen-bond donors (Lipinski definition) is 1. The van der Waals surface area contributed by atoms with Crippen LogP contribution in [0.2, 0.25) is 0 Å². The number of nitrogens with zero attached hydrogens (tertiary/aromatic N) is 1. The first kappa shape index (κ1) is 11.9. The van der Waals surface area contributed by atoms with Crippen LogP contribution in [0.15, 0.2) is 22.7 Å². The van der Waals surface area contributed by atoms with Crippen LogP contribution in [0.25, 0.3) is 0 Å². The molecular formula is C13H19BrN2. The van der Waals surface area contributed by atoms with E-state index in [1.54, 1.807) is 0 Å². The number of anilines is 1. The van der Waals surface area contributed by atoms with Gasteiger partial charge in [0.05, 0.1) is 0 Å². The Balaban J connectivity index is 2.13. The molecule has 1 atom stereocenters. The SMILES string of the molecule is CCC1CN(c2ccc(Br)c(C)c2)CCN1. The van der Waals surface area contributed by atoms with Gasteiger partial charge in [-0.1, -0.05) is 22.9 Å². The highest BCUT2D eigenvalue weighted by Gasteiger charge is 2.18. The molecule has 0 bridgehead atoms. The van der Waals surface area contributed by atoms with E-state index in [-0.39, 0.29) is 0 Å². The molecule has 1 unspecified atom stereocenters. The summed E-state index contributed by atoms with van der Waals surface area (Å²) in [7, 11) is 0. The van der Waals surface area contributed by atoms with Crippen LogP contribution in [0, 0.1) is 6.92 Å². The number of hydrogen-bond acceptors (Lipinski definition) is 2. The molecule has 1 aliphatic heterocycles.